The first-order chi connectivity index (χ1) is 29.0. The molecule has 1 nitrogen and oxygen atoms in total. The molecule has 0 radical (unpaired) electrons. The van der Waals surface area contributed by atoms with E-state index >= 15 is 0 Å². The largest absolute Gasteiger partial charge is 0.310 e. The van der Waals surface area contributed by atoms with Crippen LogP contribution in [0.4, 0.5) is 17.1 Å². The summed E-state index contributed by atoms with van der Waals surface area (Å²) in [7, 11) is 0. The van der Waals surface area contributed by atoms with E-state index in [1.807, 2.05) is 0 Å². The lowest BCUT2D eigenvalue weighted by Gasteiger charge is -2.46. The number of rotatable bonds is 6. The molecule has 59 heavy (non-hydrogen) atoms. The van der Waals surface area contributed by atoms with Crippen molar-refractivity contribution in [2.75, 3.05) is 4.90 Å². The molecule has 0 aromatic heterocycles. The zero-order valence-corrected chi connectivity index (χ0v) is 33.3. The highest BCUT2D eigenvalue weighted by Crippen LogP contribution is 2.62. The van der Waals surface area contributed by atoms with Crippen LogP contribution in [0, 0.1) is 0 Å². The van der Waals surface area contributed by atoms with Crippen molar-refractivity contribution in [3.63, 3.8) is 0 Å². The molecule has 1 spiro atoms. The summed E-state index contributed by atoms with van der Waals surface area (Å²) in [4.78, 5) is 2.47. The van der Waals surface area contributed by atoms with Crippen molar-refractivity contribution in [2.24, 2.45) is 0 Å². The Labute approximate surface area is 347 Å². The molecule has 9 aromatic rings. The van der Waals surface area contributed by atoms with E-state index in [1.165, 1.54) is 77.9 Å². The normalized spacial score (nSPS) is 13.9. The van der Waals surface area contributed by atoms with Gasteiger partial charge in [0.2, 0.25) is 0 Å². The summed E-state index contributed by atoms with van der Waals surface area (Å²) in [5.41, 5.74) is 20.6. The van der Waals surface area contributed by atoms with Crippen LogP contribution in [0.5, 0.6) is 0 Å². The van der Waals surface area contributed by atoms with E-state index in [9.17, 15) is 0 Å². The fourth-order valence-electron chi connectivity index (χ4n) is 10.2. The van der Waals surface area contributed by atoms with Gasteiger partial charge in [0, 0.05) is 22.4 Å². The van der Waals surface area contributed by atoms with Crippen molar-refractivity contribution < 1.29 is 0 Å². The number of fused-ring (bicyclic) bond motifs is 9. The molecule has 2 aliphatic rings. The van der Waals surface area contributed by atoms with Gasteiger partial charge in [-0.2, -0.15) is 0 Å². The lowest BCUT2D eigenvalue weighted by molar-refractivity contribution is 0.563. The summed E-state index contributed by atoms with van der Waals surface area (Å²) < 4.78 is 0. The second-order valence-electron chi connectivity index (χ2n) is 16.5. The van der Waals surface area contributed by atoms with Crippen LogP contribution >= 0.6 is 0 Å². The van der Waals surface area contributed by atoms with Crippen molar-refractivity contribution in [1.29, 1.82) is 0 Å². The molecule has 0 saturated heterocycles. The molecule has 280 valence electrons. The molecule has 0 unspecified atom stereocenters. The number of anilines is 3. The minimum absolute atomic E-state index is 0.157. The van der Waals surface area contributed by atoms with Crippen molar-refractivity contribution in [3.8, 4) is 44.5 Å². The standard InChI is InChI=1S/C58H43N/c1-57(2)51-24-12-14-26-53(51)58(54-27-15-13-25-52(54)57)50-23-11-9-22-48(50)49-38-37-46(39-55(49)58)59(45-35-33-43(34-36-45)41-19-7-4-8-20-41)56-28-16-10-21-47(56)44-31-29-42(30-32-44)40-17-5-3-6-18-40/h3-39H,1-2H3. The van der Waals surface area contributed by atoms with E-state index in [1.54, 1.807) is 0 Å². The van der Waals surface area contributed by atoms with E-state index in [0.29, 0.717) is 0 Å². The first-order valence-electron chi connectivity index (χ1n) is 20.7. The second-order valence-corrected chi connectivity index (χ2v) is 16.5. The number of benzene rings is 9. The summed E-state index contributed by atoms with van der Waals surface area (Å²) in [5, 5.41) is 0. The fraction of sp³-hybridized carbons (Fsp3) is 0.0690. The molecule has 9 aromatic carbocycles. The van der Waals surface area contributed by atoms with Crippen LogP contribution in [0.2, 0.25) is 0 Å². The summed E-state index contributed by atoms with van der Waals surface area (Å²) >= 11 is 0. The lowest BCUT2D eigenvalue weighted by atomic mass is 9.55. The van der Waals surface area contributed by atoms with Crippen LogP contribution in [-0.4, -0.2) is 0 Å². The highest BCUT2D eigenvalue weighted by Gasteiger charge is 2.53. The van der Waals surface area contributed by atoms with Gasteiger partial charge in [0.05, 0.1) is 11.1 Å². The van der Waals surface area contributed by atoms with Crippen molar-refractivity contribution in [1.82, 2.24) is 0 Å². The van der Waals surface area contributed by atoms with Crippen LogP contribution in [0.15, 0.2) is 224 Å². The maximum absolute atomic E-state index is 2.50. The molecule has 2 aliphatic carbocycles. The molecule has 0 heterocycles. The molecule has 0 aliphatic heterocycles. The molecule has 0 saturated carbocycles. The third kappa shape index (κ3) is 5.39. The SMILES string of the molecule is CC1(C)c2ccccc2C2(c3ccccc3-c3ccc(N(c4ccc(-c5ccccc5)cc4)c4ccccc4-c4ccc(-c5ccccc5)cc4)cc32)c2ccccc21. The average molecular weight is 754 g/mol. The van der Waals surface area contributed by atoms with Crippen LogP contribution in [-0.2, 0) is 10.8 Å². The predicted molar refractivity (Wildman–Crippen MR) is 247 cm³/mol. The van der Waals surface area contributed by atoms with E-state index in [2.05, 4.69) is 243 Å². The van der Waals surface area contributed by atoms with Gasteiger partial charge >= 0.3 is 0 Å². The third-order valence-corrected chi connectivity index (χ3v) is 13.0. The van der Waals surface area contributed by atoms with Crippen LogP contribution in [0.3, 0.4) is 0 Å². The van der Waals surface area contributed by atoms with Gasteiger partial charge in [0.25, 0.3) is 0 Å². The van der Waals surface area contributed by atoms with Gasteiger partial charge in [-0.05, 0) is 103 Å². The Bertz CT molecular complexity index is 2940. The van der Waals surface area contributed by atoms with Crippen LogP contribution < -0.4 is 4.90 Å². The van der Waals surface area contributed by atoms with Gasteiger partial charge in [-0.1, -0.05) is 208 Å². The predicted octanol–water partition coefficient (Wildman–Crippen LogP) is 15.2. The molecular weight excluding hydrogens is 711 g/mol. The Morgan fingerprint density at radius 1 is 0.288 bits per heavy atom. The minimum Gasteiger partial charge on any atom is -0.310 e. The Hall–Kier alpha value is -7.22. The summed E-state index contributed by atoms with van der Waals surface area (Å²) in [5.74, 6) is 0. The smallest absolute Gasteiger partial charge is 0.0720 e. The number of nitrogens with zero attached hydrogens (tertiary/aromatic N) is 1. The molecule has 1 heteroatoms. The van der Waals surface area contributed by atoms with Gasteiger partial charge in [-0.3, -0.25) is 0 Å². The summed E-state index contributed by atoms with van der Waals surface area (Å²) in [6.07, 6.45) is 0. The monoisotopic (exact) mass is 753 g/mol. The van der Waals surface area contributed by atoms with E-state index < -0.39 is 5.41 Å². The third-order valence-electron chi connectivity index (χ3n) is 13.0. The fourth-order valence-corrected chi connectivity index (χ4v) is 10.2. The van der Waals surface area contributed by atoms with Gasteiger partial charge in [0.1, 0.15) is 0 Å². The zero-order chi connectivity index (χ0) is 39.6. The molecule has 11 rings (SSSR count). The number of hydrogen-bond donors (Lipinski definition) is 0. The number of hydrogen-bond acceptors (Lipinski definition) is 1. The van der Waals surface area contributed by atoms with Crippen molar-refractivity contribution in [2.45, 2.75) is 24.7 Å². The summed E-state index contributed by atoms with van der Waals surface area (Å²) in [6.45, 7) is 4.78. The van der Waals surface area contributed by atoms with E-state index in [-0.39, 0.29) is 5.41 Å². The average Bonchev–Trinajstić information content (AvgIpc) is 3.60. The second kappa shape index (κ2) is 13.7. The minimum atomic E-state index is -0.486. The summed E-state index contributed by atoms with van der Waals surface area (Å²) in [6, 6.07) is 82.9. The maximum Gasteiger partial charge on any atom is 0.0720 e. The van der Waals surface area contributed by atoms with Gasteiger partial charge in [-0.15, -0.1) is 0 Å². The molecule has 0 N–H and O–H groups in total. The quantitative estimate of drug-likeness (QED) is 0.163. The van der Waals surface area contributed by atoms with Gasteiger partial charge in [0.15, 0.2) is 0 Å². The molecule has 0 bridgehead atoms. The van der Waals surface area contributed by atoms with E-state index in [4.69, 9.17) is 0 Å². The van der Waals surface area contributed by atoms with Crippen LogP contribution in [0.25, 0.3) is 44.5 Å². The Balaban J connectivity index is 1.15. The first-order valence-corrected chi connectivity index (χ1v) is 20.7. The first kappa shape index (κ1) is 35.0. The zero-order valence-electron chi connectivity index (χ0n) is 33.3. The lowest BCUT2D eigenvalue weighted by Crippen LogP contribution is -2.40. The van der Waals surface area contributed by atoms with Crippen LogP contribution in [0.1, 0.15) is 47.2 Å². The van der Waals surface area contributed by atoms with E-state index in [0.717, 1.165) is 17.1 Å². The topological polar surface area (TPSA) is 3.24 Å². The van der Waals surface area contributed by atoms with Gasteiger partial charge in [-0.25, -0.2) is 0 Å². The highest BCUT2D eigenvalue weighted by molar-refractivity contribution is 5.93. The van der Waals surface area contributed by atoms with Crippen molar-refractivity contribution >= 4 is 17.1 Å². The Morgan fingerprint density at radius 2 is 0.695 bits per heavy atom. The molecule has 0 amide bonds. The Morgan fingerprint density at radius 3 is 1.29 bits per heavy atom. The molecular formula is C58H43N. The maximum atomic E-state index is 2.50. The Kier molecular flexibility index (Phi) is 8.13. The van der Waals surface area contributed by atoms with Crippen molar-refractivity contribution in [3.05, 3.63) is 258 Å². The van der Waals surface area contributed by atoms with Gasteiger partial charge < -0.3 is 4.90 Å². The molecule has 0 atom stereocenters. The number of para-hydroxylation sites is 1. The molecule has 0 fully saturated rings. The highest BCUT2D eigenvalue weighted by atomic mass is 15.1.